The number of ether oxygens (including phenoxy) is 1. The lowest BCUT2D eigenvalue weighted by Crippen LogP contribution is -2.38. The van der Waals surface area contributed by atoms with E-state index in [-0.39, 0.29) is 24.0 Å². The number of nitrogens with one attached hydrogen (secondary N) is 2. The molecule has 0 aromatic heterocycles. The van der Waals surface area contributed by atoms with Crippen LogP contribution in [0.3, 0.4) is 0 Å². The fourth-order valence-corrected chi connectivity index (χ4v) is 2.79. The topological polar surface area (TPSA) is 45.7 Å². The van der Waals surface area contributed by atoms with Gasteiger partial charge in [-0.1, -0.05) is 23.7 Å². The Morgan fingerprint density at radius 1 is 1.20 bits per heavy atom. The number of rotatable bonds is 10. The van der Waals surface area contributed by atoms with Crippen LogP contribution in [-0.2, 0) is 11.2 Å². The van der Waals surface area contributed by atoms with Crippen molar-refractivity contribution in [3.63, 3.8) is 0 Å². The Balaban J connectivity index is 0.00000312. The molecule has 0 unspecified atom stereocenters. The third-order valence-electron chi connectivity index (χ3n) is 4.47. The van der Waals surface area contributed by atoms with Gasteiger partial charge in [-0.3, -0.25) is 4.99 Å². The highest BCUT2D eigenvalue weighted by atomic mass is 127. The van der Waals surface area contributed by atoms with Gasteiger partial charge in [0, 0.05) is 37.9 Å². The van der Waals surface area contributed by atoms with Gasteiger partial charge in [0.2, 0.25) is 0 Å². The first-order valence-electron chi connectivity index (χ1n) is 9.02. The Morgan fingerprint density at radius 2 is 1.92 bits per heavy atom. The van der Waals surface area contributed by atoms with E-state index in [1.54, 1.807) is 0 Å². The van der Waals surface area contributed by atoms with Crippen molar-refractivity contribution in [2.75, 3.05) is 32.8 Å². The summed E-state index contributed by atoms with van der Waals surface area (Å²) in [5.74, 6) is 0.911. The standard InChI is InChI=1S/C19H30ClN3O.HI/c1-3-21-18(22-13-9-16-5-7-17(20)8-6-16)23-15-19(10-11-19)12-14-24-4-2;/h5-8H,3-4,9-15H2,1-2H3,(H2,21,22,23);1H. The molecule has 6 heteroatoms. The maximum absolute atomic E-state index is 5.92. The maximum atomic E-state index is 5.92. The zero-order chi connectivity index (χ0) is 17.3. The quantitative estimate of drug-likeness (QED) is 0.228. The average molecular weight is 480 g/mol. The second kappa shape index (κ2) is 12.0. The normalized spacial score (nSPS) is 15.4. The highest BCUT2D eigenvalue weighted by Gasteiger charge is 2.41. The lowest BCUT2D eigenvalue weighted by molar-refractivity contribution is 0.129. The van der Waals surface area contributed by atoms with Crippen LogP contribution in [0.1, 0.15) is 38.7 Å². The first-order valence-corrected chi connectivity index (χ1v) is 9.39. The molecule has 0 amide bonds. The van der Waals surface area contributed by atoms with Crippen molar-refractivity contribution in [1.82, 2.24) is 10.6 Å². The molecule has 25 heavy (non-hydrogen) atoms. The van der Waals surface area contributed by atoms with Crippen LogP contribution in [-0.4, -0.2) is 38.8 Å². The molecule has 0 atom stereocenters. The number of benzene rings is 1. The minimum absolute atomic E-state index is 0. The van der Waals surface area contributed by atoms with Crippen LogP contribution in [0, 0.1) is 5.41 Å². The molecule has 2 N–H and O–H groups in total. The van der Waals surface area contributed by atoms with Gasteiger partial charge in [-0.25, -0.2) is 0 Å². The summed E-state index contributed by atoms with van der Waals surface area (Å²) in [6.45, 7) is 8.42. The van der Waals surface area contributed by atoms with E-state index in [0.29, 0.717) is 5.41 Å². The van der Waals surface area contributed by atoms with Gasteiger partial charge >= 0.3 is 0 Å². The minimum atomic E-state index is 0. The van der Waals surface area contributed by atoms with Crippen LogP contribution in [0.25, 0.3) is 0 Å². The SMILES string of the molecule is CCNC(=NCC1(CCOCC)CC1)NCCc1ccc(Cl)cc1.I. The molecule has 1 aliphatic rings. The summed E-state index contributed by atoms with van der Waals surface area (Å²) in [7, 11) is 0. The van der Waals surface area contributed by atoms with Crippen molar-refractivity contribution in [3.8, 4) is 0 Å². The zero-order valence-electron chi connectivity index (χ0n) is 15.3. The van der Waals surface area contributed by atoms with Crippen LogP contribution >= 0.6 is 35.6 Å². The van der Waals surface area contributed by atoms with E-state index in [1.807, 2.05) is 19.1 Å². The fraction of sp³-hybridized carbons (Fsp3) is 0.632. The van der Waals surface area contributed by atoms with Gasteiger partial charge in [-0.15, -0.1) is 24.0 Å². The number of guanidine groups is 1. The Kier molecular flexibility index (Phi) is 10.8. The van der Waals surface area contributed by atoms with Crippen LogP contribution in [0.5, 0.6) is 0 Å². The Labute approximate surface area is 174 Å². The summed E-state index contributed by atoms with van der Waals surface area (Å²) < 4.78 is 5.50. The zero-order valence-corrected chi connectivity index (χ0v) is 18.4. The lowest BCUT2D eigenvalue weighted by atomic mass is 10.0. The molecule has 0 radical (unpaired) electrons. The molecule has 2 rings (SSSR count). The second-order valence-corrected chi connectivity index (χ2v) is 6.88. The van der Waals surface area contributed by atoms with Crippen molar-refractivity contribution < 1.29 is 4.74 Å². The van der Waals surface area contributed by atoms with E-state index in [9.17, 15) is 0 Å². The minimum Gasteiger partial charge on any atom is -0.382 e. The third kappa shape index (κ3) is 8.60. The van der Waals surface area contributed by atoms with Gasteiger partial charge in [-0.2, -0.15) is 0 Å². The first-order chi connectivity index (χ1) is 11.7. The molecule has 1 aromatic carbocycles. The van der Waals surface area contributed by atoms with Crippen molar-refractivity contribution in [2.45, 2.75) is 39.5 Å². The van der Waals surface area contributed by atoms with Crippen LogP contribution < -0.4 is 10.6 Å². The van der Waals surface area contributed by atoms with E-state index >= 15 is 0 Å². The van der Waals surface area contributed by atoms with Gasteiger partial charge < -0.3 is 15.4 Å². The average Bonchev–Trinajstić information content (AvgIpc) is 3.35. The van der Waals surface area contributed by atoms with E-state index in [1.165, 1.54) is 18.4 Å². The predicted molar refractivity (Wildman–Crippen MR) is 117 cm³/mol. The van der Waals surface area contributed by atoms with Gasteiger partial charge in [0.05, 0.1) is 0 Å². The van der Waals surface area contributed by atoms with E-state index < -0.39 is 0 Å². The summed E-state index contributed by atoms with van der Waals surface area (Å²) in [6.07, 6.45) is 4.62. The molecular weight excluding hydrogens is 449 g/mol. The summed E-state index contributed by atoms with van der Waals surface area (Å²) in [5, 5.41) is 7.54. The third-order valence-corrected chi connectivity index (χ3v) is 4.73. The molecule has 1 aliphatic carbocycles. The summed E-state index contributed by atoms with van der Waals surface area (Å²) in [6, 6.07) is 8.01. The first kappa shape index (κ1) is 22.5. The van der Waals surface area contributed by atoms with Gasteiger partial charge in [0.15, 0.2) is 5.96 Å². The molecule has 0 spiro atoms. The van der Waals surface area contributed by atoms with E-state index in [2.05, 4.69) is 29.7 Å². The number of aliphatic imine (C=N–C) groups is 1. The lowest BCUT2D eigenvalue weighted by Gasteiger charge is -2.15. The largest absolute Gasteiger partial charge is 0.382 e. The monoisotopic (exact) mass is 479 g/mol. The molecule has 1 saturated carbocycles. The second-order valence-electron chi connectivity index (χ2n) is 6.45. The molecule has 0 heterocycles. The van der Waals surface area contributed by atoms with Crippen LogP contribution in [0.15, 0.2) is 29.3 Å². The van der Waals surface area contributed by atoms with Crippen molar-refractivity contribution in [3.05, 3.63) is 34.9 Å². The molecule has 0 bridgehead atoms. The Morgan fingerprint density at radius 3 is 2.52 bits per heavy atom. The van der Waals surface area contributed by atoms with E-state index in [0.717, 1.165) is 56.7 Å². The van der Waals surface area contributed by atoms with Crippen LogP contribution in [0.4, 0.5) is 0 Å². The van der Waals surface area contributed by atoms with Gasteiger partial charge in [-0.05, 0) is 62.6 Å². The van der Waals surface area contributed by atoms with Gasteiger partial charge in [0.25, 0.3) is 0 Å². The summed E-state index contributed by atoms with van der Waals surface area (Å²) in [5.41, 5.74) is 1.66. The number of nitrogens with zero attached hydrogens (tertiary/aromatic N) is 1. The highest BCUT2D eigenvalue weighted by molar-refractivity contribution is 14.0. The maximum Gasteiger partial charge on any atom is 0.191 e. The van der Waals surface area contributed by atoms with Crippen molar-refractivity contribution in [2.24, 2.45) is 10.4 Å². The molecule has 142 valence electrons. The molecule has 1 aromatic rings. The number of hydrogen-bond acceptors (Lipinski definition) is 2. The number of hydrogen-bond donors (Lipinski definition) is 2. The van der Waals surface area contributed by atoms with Crippen molar-refractivity contribution in [1.29, 1.82) is 0 Å². The summed E-state index contributed by atoms with van der Waals surface area (Å²) >= 11 is 5.92. The summed E-state index contributed by atoms with van der Waals surface area (Å²) in [4.78, 5) is 4.79. The van der Waals surface area contributed by atoms with Crippen molar-refractivity contribution >= 4 is 41.5 Å². The molecule has 0 aliphatic heterocycles. The van der Waals surface area contributed by atoms with Crippen LogP contribution in [0.2, 0.25) is 5.02 Å². The molecule has 4 nitrogen and oxygen atoms in total. The number of halogens is 2. The van der Waals surface area contributed by atoms with E-state index in [4.69, 9.17) is 21.3 Å². The molecule has 0 saturated heterocycles. The Hall–Kier alpha value is -0.530. The molecule has 1 fully saturated rings. The van der Waals surface area contributed by atoms with Gasteiger partial charge in [0.1, 0.15) is 0 Å². The molecular formula is C19H31ClIN3O. The predicted octanol–water partition coefficient (Wildman–Crippen LogP) is 4.26. The fourth-order valence-electron chi connectivity index (χ4n) is 2.66. The Bertz CT molecular complexity index is 518. The highest BCUT2D eigenvalue weighted by Crippen LogP contribution is 2.48. The smallest absolute Gasteiger partial charge is 0.191 e.